The molecule has 0 bridgehead atoms. The Hall–Kier alpha value is -1.81. The molecule has 1 heterocycles. The maximum atomic E-state index is 9.84. The minimum absolute atomic E-state index is 0.0885. The van der Waals surface area contributed by atoms with Crippen LogP contribution < -0.4 is 14.4 Å². The average Bonchev–Trinajstić information content (AvgIpc) is 2.81. The zero-order valence-corrected chi connectivity index (χ0v) is 24.1. The lowest BCUT2D eigenvalue weighted by Crippen LogP contribution is -2.36. The Morgan fingerprint density at radius 2 is 1.78 bits per heavy atom. The number of hydrogen-bond donors (Lipinski definition) is 2. The molecule has 36 heavy (non-hydrogen) atoms. The van der Waals surface area contributed by atoms with Crippen molar-refractivity contribution < 1.29 is 19.3 Å². The van der Waals surface area contributed by atoms with Crippen LogP contribution in [0, 0.1) is 11.3 Å². The third-order valence-electron chi connectivity index (χ3n) is 7.15. The van der Waals surface area contributed by atoms with Crippen LogP contribution in [0.15, 0.2) is 42.5 Å². The van der Waals surface area contributed by atoms with Gasteiger partial charge in [-0.25, -0.2) is 9.79 Å². The number of anilines is 1. The highest BCUT2D eigenvalue weighted by Crippen LogP contribution is 2.48. The molecule has 0 unspecified atom stereocenters. The van der Waals surface area contributed by atoms with Gasteiger partial charge >= 0.3 is 0 Å². The van der Waals surface area contributed by atoms with Gasteiger partial charge in [-0.1, -0.05) is 45.9 Å². The van der Waals surface area contributed by atoms with Crippen LogP contribution in [-0.4, -0.2) is 49.4 Å². The fourth-order valence-electron chi connectivity index (χ4n) is 5.08. The molecular weight excluding hydrogens is 469 g/mol. The third kappa shape index (κ3) is 9.25. The maximum absolute atomic E-state index is 9.84. The fraction of sp³-hybridized carbons (Fsp3) is 0.600. The summed E-state index contributed by atoms with van der Waals surface area (Å²) in [5.41, 5.74) is 4.20. The van der Waals surface area contributed by atoms with Gasteiger partial charge in [0.25, 0.3) is 7.72 Å². The molecule has 1 saturated heterocycles. The van der Waals surface area contributed by atoms with Crippen LogP contribution >= 0.6 is 7.72 Å². The van der Waals surface area contributed by atoms with Crippen LogP contribution in [0.1, 0.15) is 70.4 Å². The summed E-state index contributed by atoms with van der Waals surface area (Å²) in [6.07, 6.45) is 6.12. The van der Waals surface area contributed by atoms with Crippen molar-refractivity contribution in [3.63, 3.8) is 0 Å². The largest absolute Gasteiger partial charge is 0.497 e. The molecule has 1 fully saturated rings. The summed E-state index contributed by atoms with van der Waals surface area (Å²) in [4.78, 5) is 22.2. The molecule has 5 nitrogen and oxygen atoms in total. The topological polar surface area (TPSA) is 62.2 Å². The zero-order chi connectivity index (χ0) is 26.3. The van der Waals surface area contributed by atoms with E-state index in [4.69, 9.17) is 9.47 Å². The second kappa shape index (κ2) is 12.6. The highest BCUT2D eigenvalue weighted by atomic mass is 31.2. The quantitative estimate of drug-likeness (QED) is 0.317. The molecule has 1 aliphatic heterocycles. The summed E-state index contributed by atoms with van der Waals surface area (Å²) in [7, 11) is -1.06. The van der Waals surface area contributed by atoms with Crippen LogP contribution in [0.5, 0.6) is 11.5 Å². The molecule has 1 atom stereocenters. The predicted octanol–water partition coefficient (Wildman–Crippen LogP) is 6.92. The lowest BCUT2D eigenvalue weighted by molar-refractivity contribution is 0.222. The van der Waals surface area contributed by atoms with Gasteiger partial charge in [0.15, 0.2) is 0 Å². The second-order valence-electron chi connectivity index (χ2n) is 11.9. The zero-order valence-electron chi connectivity index (χ0n) is 23.2. The van der Waals surface area contributed by atoms with Gasteiger partial charge in [0, 0.05) is 30.8 Å². The minimum atomic E-state index is -2.80. The SMILES string of the molecule is COc1ccc(CCCC(C)(C)C)c(N2CCC(COc3cccc([C@H](C)C[P+](C)(O)O)c3)CC2)c1. The molecular formula is C30H47NO4P+. The summed E-state index contributed by atoms with van der Waals surface area (Å²) in [6.45, 7) is 13.3. The smallest absolute Gasteiger partial charge is 0.265 e. The number of ether oxygens (including phenoxy) is 2. The lowest BCUT2D eigenvalue weighted by atomic mass is 9.88. The molecule has 1 aliphatic rings. The number of piperidine rings is 1. The first-order valence-corrected chi connectivity index (χ1v) is 15.7. The molecule has 0 saturated carbocycles. The van der Waals surface area contributed by atoms with E-state index in [2.05, 4.69) is 49.9 Å². The van der Waals surface area contributed by atoms with Gasteiger partial charge in [0.05, 0.1) is 13.7 Å². The van der Waals surface area contributed by atoms with Gasteiger partial charge in [0.1, 0.15) is 24.3 Å². The Kier molecular flexibility index (Phi) is 10.1. The van der Waals surface area contributed by atoms with Crippen molar-refractivity contribution in [3.8, 4) is 11.5 Å². The van der Waals surface area contributed by atoms with E-state index in [-0.39, 0.29) is 5.92 Å². The van der Waals surface area contributed by atoms with Gasteiger partial charge in [0.2, 0.25) is 0 Å². The van der Waals surface area contributed by atoms with Crippen molar-refractivity contribution in [1.29, 1.82) is 0 Å². The first kappa shape index (κ1) is 28.8. The van der Waals surface area contributed by atoms with E-state index in [1.807, 2.05) is 25.1 Å². The van der Waals surface area contributed by atoms with Crippen LogP contribution in [0.25, 0.3) is 0 Å². The molecule has 0 aliphatic carbocycles. The Balaban J connectivity index is 1.55. The molecule has 0 radical (unpaired) electrons. The summed E-state index contributed by atoms with van der Waals surface area (Å²) < 4.78 is 11.7. The van der Waals surface area contributed by atoms with Gasteiger partial charge in [-0.05, 0) is 72.8 Å². The van der Waals surface area contributed by atoms with Crippen molar-refractivity contribution >= 4 is 13.4 Å². The van der Waals surface area contributed by atoms with E-state index < -0.39 is 7.72 Å². The maximum Gasteiger partial charge on any atom is 0.265 e. The second-order valence-corrected chi connectivity index (χ2v) is 14.4. The Bertz CT molecular complexity index is 958. The molecule has 6 heteroatoms. The Morgan fingerprint density at radius 1 is 1.06 bits per heavy atom. The molecule has 3 rings (SSSR count). The van der Waals surface area contributed by atoms with Crippen LogP contribution in [-0.2, 0) is 6.42 Å². The van der Waals surface area contributed by atoms with E-state index in [1.54, 1.807) is 7.11 Å². The van der Waals surface area contributed by atoms with Crippen molar-refractivity contribution in [2.75, 3.05) is 44.5 Å². The normalized spacial score (nSPS) is 16.2. The summed E-state index contributed by atoms with van der Waals surface area (Å²) in [5.74, 6) is 2.41. The molecule has 0 aromatic heterocycles. The van der Waals surface area contributed by atoms with Crippen LogP contribution in [0.3, 0.4) is 0 Å². The van der Waals surface area contributed by atoms with Gasteiger partial charge in [-0.3, -0.25) is 0 Å². The standard InChI is InChI=1S/C30H47NO4P/c1-23(22-36(6,32)33)26-9-7-11-28(19-26)35-21-24-14-17-31(18-15-24)29-20-27(34-5)13-12-25(29)10-8-16-30(2,3)4/h7,9,11-13,19-20,23-24,32-33H,8,10,14-18,21-22H2,1-6H3/q+1/t23-/m1/s1. The Morgan fingerprint density at radius 3 is 2.42 bits per heavy atom. The molecule has 2 N–H and O–H groups in total. The van der Waals surface area contributed by atoms with E-state index in [9.17, 15) is 9.79 Å². The van der Waals surface area contributed by atoms with Crippen LogP contribution in [0.2, 0.25) is 0 Å². The highest BCUT2D eigenvalue weighted by Gasteiger charge is 2.29. The predicted molar refractivity (Wildman–Crippen MR) is 153 cm³/mol. The van der Waals surface area contributed by atoms with E-state index in [0.29, 0.717) is 24.1 Å². The monoisotopic (exact) mass is 516 g/mol. The highest BCUT2D eigenvalue weighted by molar-refractivity contribution is 7.63. The minimum Gasteiger partial charge on any atom is -0.497 e. The van der Waals surface area contributed by atoms with Gasteiger partial charge in [-0.15, -0.1) is 0 Å². The third-order valence-corrected chi connectivity index (χ3v) is 8.39. The van der Waals surface area contributed by atoms with Crippen molar-refractivity contribution in [2.45, 2.75) is 65.7 Å². The molecule has 0 spiro atoms. The summed E-state index contributed by atoms with van der Waals surface area (Å²) in [5, 5.41) is 0. The van der Waals surface area contributed by atoms with Gasteiger partial charge < -0.3 is 14.4 Å². The number of hydrogen-bond acceptors (Lipinski definition) is 5. The van der Waals surface area contributed by atoms with Crippen molar-refractivity contribution in [3.05, 3.63) is 53.6 Å². The van der Waals surface area contributed by atoms with Crippen LogP contribution in [0.4, 0.5) is 5.69 Å². The first-order chi connectivity index (χ1) is 16.9. The number of nitrogens with zero attached hydrogens (tertiary/aromatic N) is 1. The molecule has 200 valence electrons. The number of rotatable bonds is 11. The first-order valence-electron chi connectivity index (χ1n) is 13.4. The van der Waals surface area contributed by atoms with Gasteiger partial charge in [-0.2, -0.15) is 0 Å². The summed E-state index contributed by atoms with van der Waals surface area (Å²) in [6, 6.07) is 14.6. The molecule has 2 aromatic carbocycles. The molecule has 0 amide bonds. The summed E-state index contributed by atoms with van der Waals surface area (Å²) >= 11 is 0. The average molecular weight is 517 g/mol. The fourth-order valence-corrected chi connectivity index (χ4v) is 6.32. The van der Waals surface area contributed by atoms with E-state index >= 15 is 0 Å². The van der Waals surface area contributed by atoms with E-state index in [0.717, 1.165) is 49.4 Å². The molecule has 2 aromatic rings. The number of benzene rings is 2. The Labute approximate surface area is 219 Å². The number of aryl methyl sites for hydroxylation is 1. The van der Waals surface area contributed by atoms with Crippen molar-refractivity contribution in [2.24, 2.45) is 11.3 Å². The van der Waals surface area contributed by atoms with E-state index in [1.165, 1.54) is 30.8 Å². The number of methoxy groups -OCH3 is 1. The lowest BCUT2D eigenvalue weighted by Gasteiger charge is -2.35. The van der Waals surface area contributed by atoms with Crippen molar-refractivity contribution in [1.82, 2.24) is 0 Å².